The largest absolute Gasteiger partial charge is 0.392 e. The summed E-state index contributed by atoms with van der Waals surface area (Å²) in [5.74, 6) is -0.927. The van der Waals surface area contributed by atoms with Gasteiger partial charge in [-0.3, -0.25) is 9.59 Å². The minimum Gasteiger partial charge on any atom is -0.392 e. The Morgan fingerprint density at radius 2 is 0.935 bits per heavy atom. The highest BCUT2D eigenvalue weighted by atomic mass is 16.6. The summed E-state index contributed by atoms with van der Waals surface area (Å²) in [7, 11) is 0. The molecule has 3 nitrogen and oxygen atoms in total. The molecule has 2 atom stereocenters. The molecule has 2 aliphatic rings. The van der Waals surface area contributed by atoms with E-state index in [1.165, 1.54) is 12.8 Å². The molecule has 0 spiro atoms. The van der Waals surface area contributed by atoms with Gasteiger partial charge in [0.15, 0.2) is 0 Å². The first-order valence-corrected chi connectivity index (χ1v) is 12.1. The Balaban J connectivity index is 1.56. The van der Waals surface area contributed by atoms with E-state index in [0.717, 1.165) is 62.5 Å². The van der Waals surface area contributed by atoms with Crippen LogP contribution in [-0.4, -0.2) is 11.9 Å². The molecule has 2 aliphatic carbocycles. The van der Waals surface area contributed by atoms with Gasteiger partial charge in [-0.25, -0.2) is 0 Å². The second kappa shape index (κ2) is 10.7. The zero-order valence-electron chi connectivity index (χ0n) is 18.4. The molecule has 2 saturated carbocycles. The normalized spacial score (nSPS) is 20.0. The van der Waals surface area contributed by atoms with Crippen LogP contribution in [0, 0.1) is 11.8 Å². The fourth-order valence-corrected chi connectivity index (χ4v) is 5.68. The molecule has 0 unspecified atom stereocenters. The third-order valence-electron chi connectivity index (χ3n) is 7.27. The molecule has 3 heteroatoms. The monoisotopic (exact) mass is 418 g/mol. The maximum atomic E-state index is 13.4. The predicted molar refractivity (Wildman–Crippen MR) is 123 cm³/mol. The fourth-order valence-electron chi connectivity index (χ4n) is 5.68. The van der Waals surface area contributed by atoms with Gasteiger partial charge in [0, 0.05) is 0 Å². The average Bonchev–Trinajstić information content (AvgIpc) is 2.82. The highest BCUT2D eigenvalue weighted by molar-refractivity contribution is 5.92. The third-order valence-corrected chi connectivity index (χ3v) is 7.27. The fraction of sp³-hybridized carbons (Fsp3) is 0.500. The van der Waals surface area contributed by atoms with Crippen molar-refractivity contribution in [1.82, 2.24) is 0 Å². The van der Waals surface area contributed by atoms with E-state index in [-0.39, 0.29) is 35.6 Å². The van der Waals surface area contributed by atoms with Gasteiger partial charge in [0.1, 0.15) is 0 Å². The van der Waals surface area contributed by atoms with Crippen LogP contribution in [0.1, 0.15) is 87.2 Å². The SMILES string of the molecule is O=C(OC(=O)[C@@H](c1ccccc1)C1CCCCC1)[C@H](c1ccccc1)C1CCCCC1. The molecule has 2 fully saturated rings. The van der Waals surface area contributed by atoms with Crippen molar-refractivity contribution in [2.45, 2.75) is 76.0 Å². The molecule has 2 aromatic rings. The van der Waals surface area contributed by atoms with E-state index >= 15 is 0 Å². The van der Waals surface area contributed by atoms with Crippen molar-refractivity contribution in [3.63, 3.8) is 0 Å². The van der Waals surface area contributed by atoms with Crippen LogP contribution in [0.25, 0.3) is 0 Å². The lowest BCUT2D eigenvalue weighted by Crippen LogP contribution is -2.32. The Morgan fingerprint density at radius 3 is 1.29 bits per heavy atom. The van der Waals surface area contributed by atoms with Crippen molar-refractivity contribution in [2.75, 3.05) is 0 Å². The highest BCUT2D eigenvalue weighted by Gasteiger charge is 2.37. The minimum atomic E-state index is -0.361. The molecular weight excluding hydrogens is 384 g/mol. The van der Waals surface area contributed by atoms with Crippen molar-refractivity contribution in [3.8, 4) is 0 Å². The van der Waals surface area contributed by atoms with Gasteiger partial charge >= 0.3 is 11.9 Å². The van der Waals surface area contributed by atoms with Gasteiger partial charge in [-0.05, 0) is 48.6 Å². The molecule has 2 aromatic carbocycles. The van der Waals surface area contributed by atoms with Crippen LogP contribution < -0.4 is 0 Å². The zero-order valence-corrected chi connectivity index (χ0v) is 18.4. The number of benzene rings is 2. The third kappa shape index (κ3) is 5.44. The molecule has 31 heavy (non-hydrogen) atoms. The number of carbonyl (C=O) groups is 2. The predicted octanol–water partition coefficient (Wildman–Crippen LogP) is 6.78. The summed E-state index contributed by atoms with van der Waals surface area (Å²) in [6.45, 7) is 0. The summed E-state index contributed by atoms with van der Waals surface area (Å²) < 4.78 is 5.71. The summed E-state index contributed by atoms with van der Waals surface area (Å²) in [6.07, 6.45) is 11.1. The Morgan fingerprint density at radius 1 is 0.581 bits per heavy atom. The van der Waals surface area contributed by atoms with Crippen molar-refractivity contribution in [2.24, 2.45) is 11.8 Å². The Hall–Kier alpha value is -2.42. The minimum absolute atomic E-state index is 0.251. The van der Waals surface area contributed by atoms with Crippen LogP contribution in [0.4, 0.5) is 0 Å². The van der Waals surface area contributed by atoms with E-state index in [9.17, 15) is 9.59 Å². The smallest absolute Gasteiger partial charge is 0.321 e. The second-order valence-corrected chi connectivity index (χ2v) is 9.31. The van der Waals surface area contributed by atoms with Crippen LogP contribution in [0.3, 0.4) is 0 Å². The molecule has 0 aliphatic heterocycles. The van der Waals surface area contributed by atoms with E-state index in [2.05, 4.69) is 0 Å². The van der Waals surface area contributed by atoms with Crippen molar-refractivity contribution >= 4 is 11.9 Å². The molecule has 4 rings (SSSR count). The van der Waals surface area contributed by atoms with Crippen LogP contribution in [0.15, 0.2) is 60.7 Å². The number of hydrogen-bond acceptors (Lipinski definition) is 3. The lowest BCUT2D eigenvalue weighted by atomic mass is 9.76. The molecule has 0 heterocycles. The van der Waals surface area contributed by atoms with Crippen molar-refractivity contribution in [1.29, 1.82) is 0 Å². The summed E-state index contributed by atoms with van der Waals surface area (Å²) in [5, 5.41) is 0. The summed E-state index contributed by atoms with van der Waals surface area (Å²) in [5.41, 5.74) is 1.95. The van der Waals surface area contributed by atoms with E-state index in [0.29, 0.717) is 0 Å². The molecular formula is C28H34O3. The lowest BCUT2D eigenvalue weighted by molar-refractivity contribution is -0.164. The van der Waals surface area contributed by atoms with Gasteiger partial charge in [-0.1, -0.05) is 99.2 Å². The van der Waals surface area contributed by atoms with E-state index in [1.807, 2.05) is 60.7 Å². The van der Waals surface area contributed by atoms with Gasteiger partial charge < -0.3 is 4.74 Å². The Labute approximate surface area is 186 Å². The molecule has 0 bridgehead atoms. The first-order chi connectivity index (χ1) is 15.2. The van der Waals surface area contributed by atoms with Crippen LogP contribution in [0.5, 0.6) is 0 Å². The lowest BCUT2D eigenvalue weighted by Gasteiger charge is -2.31. The Bertz CT molecular complexity index is 762. The van der Waals surface area contributed by atoms with Crippen LogP contribution in [0.2, 0.25) is 0 Å². The maximum absolute atomic E-state index is 13.4. The van der Waals surface area contributed by atoms with E-state index in [1.54, 1.807) is 0 Å². The maximum Gasteiger partial charge on any atom is 0.321 e. The topological polar surface area (TPSA) is 43.4 Å². The summed E-state index contributed by atoms with van der Waals surface area (Å²) in [4.78, 5) is 26.9. The van der Waals surface area contributed by atoms with Crippen LogP contribution in [-0.2, 0) is 14.3 Å². The molecule has 0 radical (unpaired) electrons. The number of carbonyl (C=O) groups excluding carboxylic acids is 2. The molecule has 0 saturated heterocycles. The quantitative estimate of drug-likeness (QED) is 0.383. The first-order valence-electron chi connectivity index (χ1n) is 12.1. The number of ether oxygens (including phenoxy) is 1. The van der Waals surface area contributed by atoms with Crippen LogP contribution >= 0.6 is 0 Å². The average molecular weight is 419 g/mol. The molecule has 164 valence electrons. The zero-order chi connectivity index (χ0) is 21.5. The summed E-state index contributed by atoms with van der Waals surface area (Å²) >= 11 is 0. The molecule has 0 aromatic heterocycles. The van der Waals surface area contributed by atoms with Crippen molar-refractivity contribution in [3.05, 3.63) is 71.8 Å². The van der Waals surface area contributed by atoms with E-state index < -0.39 is 0 Å². The first kappa shape index (κ1) is 21.8. The molecule has 0 amide bonds. The van der Waals surface area contributed by atoms with Gasteiger partial charge in [0.2, 0.25) is 0 Å². The second-order valence-electron chi connectivity index (χ2n) is 9.31. The highest BCUT2D eigenvalue weighted by Crippen LogP contribution is 2.39. The van der Waals surface area contributed by atoms with E-state index in [4.69, 9.17) is 4.74 Å². The molecule has 0 N–H and O–H groups in total. The number of rotatable bonds is 6. The van der Waals surface area contributed by atoms with Gasteiger partial charge in [0.05, 0.1) is 11.8 Å². The van der Waals surface area contributed by atoms with Gasteiger partial charge in [0.25, 0.3) is 0 Å². The number of esters is 2. The summed E-state index contributed by atoms with van der Waals surface area (Å²) in [6, 6.07) is 19.8. The van der Waals surface area contributed by atoms with Gasteiger partial charge in [-0.15, -0.1) is 0 Å². The van der Waals surface area contributed by atoms with Crippen molar-refractivity contribution < 1.29 is 14.3 Å². The van der Waals surface area contributed by atoms with Gasteiger partial charge in [-0.2, -0.15) is 0 Å². The Kier molecular flexibility index (Phi) is 7.56. The number of hydrogen-bond donors (Lipinski definition) is 0. The standard InChI is InChI=1S/C28H34O3/c29-27(25(21-13-5-1-6-14-21)22-15-7-2-8-16-22)31-28(30)26(23-17-9-3-10-18-23)24-19-11-4-12-20-24/h1,3,5-6,9-10,13-14,17-18,22,24-26H,2,4,7-8,11-12,15-16,19-20H2/t25-,26+.